The van der Waals surface area contributed by atoms with Crippen LogP contribution in [-0.2, 0) is 56.0 Å². The normalized spacial score (nSPS) is 22.0. The van der Waals surface area contributed by atoms with Crippen molar-refractivity contribution in [3.63, 3.8) is 0 Å². The number of carboxylic acid groups (broad SMARTS) is 1. The smallest absolute Gasteiger partial charge is 0.305 e. The molecule has 3 rings (SSSR count). The highest BCUT2D eigenvalue weighted by Crippen LogP contribution is 2.16. The predicted octanol–water partition coefficient (Wildman–Crippen LogP) is -3.69. The molecule has 0 aliphatic carbocycles. The summed E-state index contributed by atoms with van der Waals surface area (Å²) in [7, 11) is 0. The predicted molar refractivity (Wildman–Crippen MR) is 218 cm³/mol. The Morgan fingerprint density at radius 2 is 1.33 bits per heavy atom. The largest absolute Gasteiger partial charge is 0.508 e. The summed E-state index contributed by atoms with van der Waals surface area (Å²) in [6, 6.07) is 2.49. The molecule has 1 heterocycles. The zero-order valence-electron chi connectivity index (χ0n) is 33.6. The van der Waals surface area contributed by atoms with Crippen LogP contribution >= 0.6 is 11.8 Å². The second-order valence-electron chi connectivity index (χ2n) is 14.5. The number of aliphatic hydroxyl groups excluding tert-OH is 2. The van der Waals surface area contributed by atoms with Crippen LogP contribution in [0.1, 0.15) is 38.3 Å². The summed E-state index contributed by atoms with van der Waals surface area (Å²) in [5, 5.41) is 54.9. The first-order chi connectivity index (χ1) is 28.8. The third kappa shape index (κ3) is 15.5. The molecule has 21 nitrogen and oxygen atoms in total. The van der Waals surface area contributed by atoms with Gasteiger partial charge in [-0.15, -0.1) is 0 Å². The summed E-state index contributed by atoms with van der Waals surface area (Å²) in [4.78, 5) is 119. The Morgan fingerprint density at radius 1 is 0.754 bits per heavy atom. The van der Waals surface area contributed by atoms with Crippen molar-refractivity contribution in [1.29, 1.82) is 0 Å². The monoisotopic (exact) mass is 872 g/mol. The number of amides is 7. The molecular formula is C39H52N8O13S. The Bertz CT molecular complexity index is 1900. The number of carbonyl (C=O) groups is 9. The van der Waals surface area contributed by atoms with Gasteiger partial charge in [-0.2, -0.15) is 0 Å². The van der Waals surface area contributed by atoms with Gasteiger partial charge in [-0.3, -0.25) is 43.2 Å². The van der Waals surface area contributed by atoms with Gasteiger partial charge < -0.3 is 63.4 Å². The van der Waals surface area contributed by atoms with E-state index in [0.717, 1.165) is 0 Å². The van der Waals surface area contributed by atoms with Gasteiger partial charge in [0, 0.05) is 18.6 Å². The summed E-state index contributed by atoms with van der Waals surface area (Å²) >= 11 is 0.566. The fraction of sp³-hybridized carbons (Fsp3) is 0.462. The fourth-order valence-corrected chi connectivity index (χ4v) is 6.70. The maximum absolute atomic E-state index is 14.0. The first kappa shape index (κ1) is 49.3. The molecule has 0 unspecified atom stereocenters. The lowest BCUT2D eigenvalue weighted by molar-refractivity contribution is -0.140. The number of nitrogens with one attached hydrogen (secondary N) is 7. The third-order valence-electron chi connectivity index (χ3n) is 9.28. The second-order valence-corrected chi connectivity index (χ2v) is 15.6. The van der Waals surface area contributed by atoms with Gasteiger partial charge in [0.2, 0.25) is 46.5 Å². The van der Waals surface area contributed by atoms with Crippen molar-refractivity contribution in [3.05, 3.63) is 65.7 Å². The molecule has 61 heavy (non-hydrogen) atoms. The quantitative estimate of drug-likeness (QED) is 0.0820. The molecule has 1 fully saturated rings. The van der Waals surface area contributed by atoms with E-state index in [9.17, 15) is 58.5 Å². The van der Waals surface area contributed by atoms with Crippen molar-refractivity contribution < 1.29 is 63.6 Å². The molecule has 0 radical (unpaired) electrons. The molecule has 0 saturated carbocycles. The highest BCUT2D eigenvalue weighted by Gasteiger charge is 2.36. The maximum atomic E-state index is 14.0. The lowest BCUT2D eigenvalue weighted by Crippen LogP contribution is -2.62. The van der Waals surface area contributed by atoms with Crippen LogP contribution in [0.4, 0.5) is 0 Å². The zero-order chi connectivity index (χ0) is 45.4. The van der Waals surface area contributed by atoms with E-state index < -0.39 is 132 Å². The molecule has 7 amide bonds. The van der Waals surface area contributed by atoms with Gasteiger partial charge in [-0.05, 0) is 36.1 Å². The Kier molecular flexibility index (Phi) is 19.1. The molecule has 13 N–H and O–H groups in total. The van der Waals surface area contributed by atoms with Crippen LogP contribution in [0.3, 0.4) is 0 Å². The van der Waals surface area contributed by atoms with Gasteiger partial charge in [-0.1, -0.05) is 68.1 Å². The zero-order valence-corrected chi connectivity index (χ0v) is 34.4. The van der Waals surface area contributed by atoms with Crippen molar-refractivity contribution in [3.8, 4) is 5.75 Å². The van der Waals surface area contributed by atoms with Gasteiger partial charge >= 0.3 is 5.97 Å². The van der Waals surface area contributed by atoms with E-state index in [1.807, 2.05) is 0 Å². The van der Waals surface area contributed by atoms with Gasteiger partial charge in [0.15, 0.2) is 0 Å². The number of aliphatic carboxylic acids is 1. The molecule has 1 saturated heterocycles. The molecule has 0 aromatic heterocycles. The van der Waals surface area contributed by atoms with E-state index in [1.165, 1.54) is 45.0 Å². The molecule has 2 aromatic carbocycles. The topological polar surface area (TPSA) is 345 Å². The minimum Gasteiger partial charge on any atom is -0.508 e. The van der Waals surface area contributed by atoms with Gasteiger partial charge in [0.1, 0.15) is 48.0 Å². The Balaban J connectivity index is 1.96. The molecule has 8 atom stereocenters. The third-order valence-corrected chi connectivity index (χ3v) is 10.3. The number of nitrogens with two attached hydrogens (primary N) is 1. The van der Waals surface area contributed by atoms with Crippen LogP contribution in [0.25, 0.3) is 0 Å². The summed E-state index contributed by atoms with van der Waals surface area (Å²) in [5.41, 5.74) is 6.69. The average Bonchev–Trinajstić information content (AvgIpc) is 3.21. The van der Waals surface area contributed by atoms with E-state index in [1.54, 1.807) is 30.3 Å². The fourth-order valence-electron chi connectivity index (χ4n) is 5.79. The highest BCUT2D eigenvalue weighted by molar-refractivity contribution is 8.13. The van der Waals surface area contributed by atoms with Crippen LogP contribution < -0.4 is 43.0 Å². The van der Waals surface area contributed by atoms with Gasteiger partial charge in [0.25, 0.3) is 0 Å². The standard InChI is InChI=1S/C39H52N8O13S/c1-19(2)31(47-36(57)28(17-49)45-33(54)24(40)15-30(51)52)38(59)46-29-18-61-39(60)26(14-21-7-5-4-6-8-21)43-34(55)25(13-22-9-11-23(50)12-10-22)42-35(56)27(16-48)44-32(53)20(3)41-37(29)58/h4-12,19-20,24-29,31,48-50H,13-18,40H2,1-3H3,(H,41,58)(H,42,56)(H,43,55)(H,44,53)(H,45,54)(H,46,59)(H,47,57)(H,51,52)/t20-,24-,25-,26-,27-,28-,29-,31-/m0/s1. The SMILES string of the molecule is CC(C)[C@H](NC(=O)[C@H](CO)NC(=O)[C@@H](N)CC(=O)O)C(=O)N[C@H]1CSC(=O)[C@H](Cc2ccccc2)NC(=O)[C@H](Cc2ccc(O)cc2)NC(=O)[C@H](CO)NC(=O)[C@H](C)NC1=O. The molecule has 1 aliphatic rings. The molecular weight excluding hydrogens is 821 g/mol. The van der Waals surface area contributed by atoms with Crippen LogP contribution in [0, 0.1) is 5.92 Å². The lowest BCUT2D eigenvalue weighted by Gasteiger charge is -2.28. The first-order valence-electron chi connectivity index (χ1n) is 19.1. The number of hydrogen-bond acceptors (Lipinski definition) is 14. The van der Waals surface area contributed by atoms with Crippen molar-refractivity contribution in [2.75, 3.05) is 19.0 Å². The van der Waals surface area contributed by atoms with Crippen LogP contribution in [0.5, 0.6) is 5.75 Å². The summed E-state index contributed by atoms with van der Waals surface area (Å²) in [5.74, 6) is -9.40. The molecule has 1 aliphatic heterocycles. The molecule has 332 valence electrons. The number of phenolic OH excluding ortho intramolecular Hbond substituents is 1. The van der Waals surface area contributed by atoms with Crippen molar-refractivity contribution >= 4 is 64.2 Å². The number of hydrogen-bond donors (Lipinski definition) is 12. The van der Waals surface area contributed by atoms with Crippen molar-refractivity contribution in [1.82, 2.24) is 37.2 Å². The molecule has 2 aromatic rings. The first-order valence-corrected chi connectivity index (χ1v) is 20.1. The molecule has 22 heteroatoms. The Labute approximate surface area is 354 Å². The van der Waals surface area contributed by atoms with Crippen molar-refractivity contribution in [2.45, 2.75) is 88.4 Å². The summed E-state index contributed by atoms with van der Waals surface area (Å²) < 4.78 is 0. The number of aromatic hydroxyl groups is 1. The van der Waals surface area contributed by atoms with Crippen LogP contribution in [-0.4, -0.2) is 140 Å². The molecule has 0 bridgehead atoms. The number of benzene rings is 2. The number of carbonyl (C=O) groups excluding carboxylic acids is 8. The Hall–Kier alpha value is -6.10. The summed E-state index contributed by atoms with van der Waals surface area (Å²) in [6.45, 7) is 2.42. The van der Waals surface area contributed by atoms with E-state index in [4.69, 9.17) is 10.8 Å². The molecule has 0 spiro atoms. The van der Waals surface area contributed by atoms with Gasteiger partial charge in [0.05, 0.1) is 25.7 Å². The minimum atomic E-state index is -1.66. The van der Waals surface area contributed by atoms with Crippen LogP contribution in [0.15, 0.2) is 54.6 Å². The lowest BCUT2D eigenvalue weighted by atomic mass is 10.0. The van der Waals surface area contributed by atoms with Gasteiger partial charge in [-0.25, -0.2) is 0 Å². The number of phenols is 1. The summed E-state index contributed by atoms with van der Waals surface area (Å²) in [6.07, 6.45) is -0.953. The number of carboxylic acids is 1. The van der Waals surface area contributed by atoms with E-state index in [0.29, 0.717) is 22.9 Å². The Morgan fingerprint density at radius 3 is 1.92 bits per heavy atom. The highest BCUT2D eigenvalue weighted by atomic mass is 32.2. The average molecular weight is 873 g/mol. The number of rotatable bonds is 15. The van der Waals surface area contributed by atoms with Crippen LogP contribution in [0.2, 0.25) is 0 Å². The van der Waals surface area contributed by atoms with E-state index >= 15 is 0 Å². The van der Waals surface area contributed by atoms with E-state index in [2.05, 4.69) is 37.2 Å². The van der Waals surface area contributed by atoms with E-state index in [-0.39, 0.29) is 18.6 Å². The second kappa shape index (κ2) is 23.6. The minimum absolute atomic E-state index is 0.0426. The maximum Gasteiger partial charge on any atom is 0.305 e. The van der Waals surface area contributed by atoms with Crippen molar-refractivity contribution in [2.24, 2.45) is 11.7 Å². The number of thioether (sulfide) groups is 1. The number of aliphatic hydroxyl groups is 2.